The zero-order valence-corrected chi connectivity index (χ0v) is 18.2. The Bertz CT molecular complexity index is 939. The Morgan fingerprint density at radius 3 is 2.52 bits per heavy atom. The average Bonchev–Trinajstić information content (AvgIpc) is 2.78. The summed E-state index contributed by atoms with van der Waals surface area (Å²) in [6.07, 6.45) is 0.752. The standard InChI is InChI=1S/C23H29F2N5O/c1-26-23(27-10-9-17-5-4-6-18(15-17)22(31)28(2)3)30-13-11-29(12-14-30)21-16-19(24)7-8-20(21)25/h4-8,15-16H,9-14H2,1-3H3,(H,26,27). The van der Waals surface area contributed by atoms with Crippen LogP contribution in [-0.4, -0.2) is 75.5 Å². The molecule has 0 atom stereocenters. The number of guanidine groups is 1. The maximum Gasteiger partial charge on any atom is 0.253 e. The lowest BCUT2D eigenvalue weighted by Gasteiger charge is -2.37. The van der Waals surface area contributed by atoms with Crippen molar-refractivity contribution in [3.8, 4) is 0 Å². The number of amides is 1. The summed E-state index contributed by atoms with van der Waals surface area (Å²) in [5.41, 5.74) is 2.05. The van der Waals surface area contributed by atoms with Crippen LogP contribution in [0.5, 0.6) is 0 Å². The summed E-state index contributed by atoms with van der Waals surface area (Å²) < 4.78 is 27.5. The quantitative estimate of drug-likeness (QED) is 0.587. The van der Waals surface area contributed by atoms with Crippen molar-refractivity contribution in [2.24, 2.45) is 4.99 Å². The first-order valence-corrected chi connectivity index (χ1v) is 10.3. The largest absolute Gasteiger partial charge is 0.366 e. The fraction of sp³-hybridized carbons (Fsp3) is 0.391. The molecule has 2 aromatic carbocycles. The molecule has 2 aromatic rings. The van der Waals surface area contributed by atoms with Crippen molar-refractivity contribution in [3.05, 3.63) is 65.2 Å². The van der Waals surface area contributed by atoms with Crippen molar-refractivity contribution in [3.63, 3.8) is 0 Å². The predicted octanol–water partition coefficient (Wildman–Crippen LogP) is 2.61. The van der Waals surface area contributed by atoms with Crippen LogP contribution in [0.2, 0.25) is 0 Å². The molecule has 0 saturated carbocycles. The van der Waals surface area contributed by atoms with E-state index in [0.29, 0.717) is 44.0 Å². The number of aliphatic imine (C=N–C) groups is 1. The van der Waals surface area contributed by atoms with Gasteiger partial charge in [-0.15, -0.1) is 0 Å². The highest BCUT2D eigenvalue weighted by atomic mass is 19.1. The highest BCUT2D eigenvalue weighted by Crippen LogP contribution is 2.22. The van der Waals surface area contributed by atoms with E-state index in [1.165, 1.54) is 12.1 Å². The van der Waals surface area contributed by atoms with Crippen LogP contribution in [0.1, 0.15) is 15.9 Å². The minimum absolute atomic E-state index is 0.0155. The molecule has 0 radical (unpaired) electrons. The number of anilines is 1. The van der Waals surface area contributed by atoms with Gasteiger partial charge >= 0.3 is 0 Å². The Hall–Kier alpha value is -3.16. The van der Waals surface area contributed by atoms with E-state index >= 15 is 0 Å². The van der Waals surface area contributed by atoms with E-state index in [4.69, 9.17) is 0 Å². The molecular weight excluding hydrogens is 400 g/mol. The molecule has 0 spiro atoms. The number of hydrogen-bond donors (Lipinski definition) is 1. The second-order valence-corrected chi connectivity index (χ2v) is 7.69. The summed E-state index contributed by atoms with van der Waals surface area (Å²) in [5.74, 6) is -0.0851. The summed E-state index contributed by atoms with van der Waals surface area (Å²) in [4.78, 5) is 22.0. The molecule has 1 aliphatic heterocycles. The van der Waals surface area contributed by atoms with Crippen LogP contribution in [0, 0.1) is 11.6 Å². The van der Waals surface area contributed by atoms with Gasteiger partial charge in [-0.3, -0.25) is 9.79 Å². The van der Waals surface area contributed by atoms with Crippen molar-refractivity contribution in [1.82, 2.24) is 15.1 Å². The molecule has 0 aromatic heterocycles. The highest BCUT2D eigenvalue weighted by Gasteiger charge is 2.22. The number of carbonyl (C=O) groups is 1. The van der Waals surface area contributed by atoms with Crippen molar-refractivity contribution < 1.29 is 13.6 Å². The maximum atomic E-state index is 14.0. The van der Waals surface area contributed by atoms with Crippen LogP contribution in [0.15, 0.2) is 47.5 Å². The highest BCUT2D eigenvalue weighted by molar-refractivity contribution is 5.94. The first-order valence-electron chi connectivity index (χ1n) is 10.3. The summed E-state index contributed by atoms with van der Waals surface area (Å²) in [5, 5.41) is 3.36. The molecule has 0 bridgehead atoms. The number of benzene rings is 2. The number of piperazine rings is 1. The number of nitrogens with one attached hydrogen (secondary N) is 1. The molecule has 8 heteroatoms. The van der Waals surface area contributed by atoms with Crippen molar-refractivity contribution >= 4 is 17.6 Å². The first-order chi connectivity index (χ1) is 14.9. The van der Waals surface area contributed by atoms with Gasteiger partial charge in [-0.05, 0) is 36.2 Å². The molecule has 0 unspecified atom stereocenters. The third-order valence-electron chi connectivity index (χ3n) is 5.32. The molecule has 3 rings (SSSR count). The van der Waals surface area contributed by atoms with Gasteiger partial charge in [0.1, 0.15) is 11.6 Å². The Balaban J connectivity index is 1.52. The number of carbonyl (C=O) groups excluding carboxylic acids is 1. The molecule has 1 saturated heterocycles. The number of halogens is 2. The van der Waals surface area contributed by atoms with Gasteiger partial charge in [-0.2, -0.15) is 0 Å². The second-order valence-electron chi connectivity index (χ2n) is 7.69. The van der Waals surface area contributed by atoms with Crippen LogP contribution < -0.4 is 10.2 Å². The Morgan fingerprint density at radius 2 is 1.84 bits per heavy atom. The van der Waals surface area contributed by atoms with Gasteiger partial charge < -0.3 is 20.0 Å². The molecule has 1 fully saturated rings. The van der Waals surface area contributed by atoms with E-state index < -0.39 is 11.6 Å². The van der Waals surface area contributed by atoms with Gasteiger partial charge in [-0.1, -0.05) is 12.1 Å². The fourth-order valence-electron chi connectivity index (χ4n) is 3.66. The molecule has 1 amide bonds. The second kappa shape index (κ2) is 10.2. The van der Waals surface area contributed by atoms with Crippen LogP contribution in [0.4, 0.5) is 14.5 Å². The van der Waals surface area contributed by atoms with Gasteiger partial charge in [0.25, 0.3) is 5.91 Å². The monoisotopic (exact) mass is 429 g/mol. The molecule has 1 N–H and O–H groups in total. The van der Waals surface area contributed by atoms with E-state index in [-0.39, 0.29) is 5.91 Å². The first kappa shape index (κ1) is 22.5. The van der Waals surface area contributed by atoms with E-state index in [1.54, 1.807) is 26.0 Å². The average molecular weight is 430 g/mol. The molecular formula is C23H29F2N5O. The van der Waals surface area contributed by atoms with Gasteiger partial charge in [-0.25, -0.2) is 8.78 Å². The molecule has 1 aliphatic rings. The van der Waals surface area contributed by atoms with E-state index in [2.05, 4.69) is 15.2 Å². The Labute approximate surface area is 182 Å². The van der Waals surface area contributed by atoms with Crippen molar-refractivity contribution in [1.29, 1.82) is 0 Å². The Morgan fingerprint density at radius 1 is 1.10 bits per heavy atom. The van der Waals surface area contributed by atoms with Crippen molar-refractivity contribution in [2.75, 3.05) is 58.8 Å². The third-order valence-corrected chi connectivity index (χ3v) is 5.32. The zero-order chi connectivity index (χ0) is 22.4. The summed E-state index contributed by atoms with van der Waals surface area (Å²) >= 11 is 0. The van der Waals surface area contributed by atoms with Gasteiger partial charge in [0, 0.05) is 65.5 Å². The maximum absolute atomic E-state index is 14.0. The lowest BCUT2D eigenvalue weighted by molar-refractivity contribution is 0.0827. The molecule has 1 heterocycles. The lowest BCUT2D eigenvalue weighted by Crippen LogP contribution is -2.53. The fourth-order valence-corrected chi connectivity index (χ4v) is 3.66. The van der Waals surface area contributed by atoms with E-state index in [1.807, 2.05) is 29.2 Å². The van der Waals surface area contributed by atoms with E-state index in [0.717, 1.165) is 24.0 Å². The summed E-state index contributed by atoms with van der Waals surface area (Å²) in [6, 6.07) is 11.2. The van der Waals surface area contributed by atoms with Crippen LogP contribution in [-0.2, 0) is 6.42 Å². The minimum Gasteiger partial charge on any atom is -0.366 e. The van der Waals surface area contributed by atoms with Gasteiger partial charge in [0.15, 0.2) is 5.96 Å². The molecule has 31 heavy (non-hydrogen) atoms. The number of rotatable bonds is 5. The number of nitrogens with zero attached hydrogens (tertiary/aromatic N) is 4. The third kappa shape index (κ3) is 5.71. The smallest absolute Gasteiger partial charge is 0.253 e. The topological polar surface area (TPSA) is 51.2 Å². The van der Waals surface area contributed by atoms with Gasteiger partial charge in [0.2, 0.25) is 0 Å². The zero-order valence-electron chi connectivity index (χ0n) is 18.2. The lowest BCUT2D eigenvalue weighted by atomic mass is 10.1. The minimum atomic E-state index is -0.437. The van der Waals surface area contributed by atoms with Crippen LogP contribution in [0.3, 0.4) is 0 Å². The Kier molecular flexibility index (Phi) is 7.44. The van der Waals surface area contributed by atoms with E-state index in [9.17, 15) is 13.6 Å². The SMILES string of the molecule is CN=C(NCCc1cccc(C(=O)N(C)C)c1)N1CCN(c2cc(F)ccc2F)CC1. The molecule has 6 nitrogen and oxygen atoms in total. The van der Waals surface area contributed by atoms with Crippen molar-refractivity contribution in [2.45, 2.75) is 6.42 Å². The van der Waals surface area contributed by atoms with Gasteiger partial charge in [0.05, 0.1) is 5.69 Å². The summed E-state index contributed by atoms with van der Waals surface area (Å²) in [7, 11) is 5.21. The summed E-state index contributed by atoms with van der Waals surface area (Å²) in [6.45, 7) is 3.14. The molecule has 166 valence electrons. The molecule has 0 aliphatic carbocycles. The number of hydrogen-bond acceptors (Lipinski definition) is 3. The van der Waals surface area contributed by atoms with Crippen LogP contribution >= 0.6 is 0 Å². The normalized spacial score (nSPS) is 14.5. The van der Waals surface area contributed by atoms with Crippen LogP contribution in [0.25, 0.3) is 0 Å². The predicted molar refractivity (Wildman–Crippen MR) is 120 cm³/mol.